The van der Waals surface area contributed by atoms with Crippen LogP contribution in [0.2, 0.25) is 5.02 Å². The van der Waals surface area contributed by atoms with Crippen molar-refractivity contribution in [1.29, 1.82) is 0 Å². The van der Waals surface area contributed by atoms with Crippen LogP contribution in [0, 0.1) is 10.1 Å². The Hall–Kier alpha value is -3.11. The number of hydrogen-bond donors (Lipinski definition) is 1. The highest BCUT2D eigenvalue weighted by molar-refractivity contribution is 8.03. The molecule has 0 radical (unpaired) electrons. The molecule has 2 heterocycles. The van der Waals surface area contributed by atoms with Gasteiger partial charge in [-0.25, -0.2) is 4.79 Å². The van der Waals surface area contributed by atoms with E-state index in [1.54, 1.807) is 12.1 Å². The highest BCUT2D eigenvalue weighted by Gasteiger charge is 2.17. The van der Waals surface area contributed by atoms with Crippen LogP contribution in [0.25, 0.3) is 17.4 Å². The van der Waals surface area contributed by atoms with Crippen molar-refractivity contribution >= 4 is 41.1 Å². The van der Waals surface area contributed by atoms with E-state index in [1.165, 1.54) is 24.3 Å². The number of nitro groups is 1. The Morgan fingerprint density at radius 3 is 2.71 bits per heavy atom. The van der Waals surface area contributed by atoms with E-state index in [9.17, 15) is 20.0 Å². The number of aliphatic carboxylic acids is 1. The number of aromatic nitrogens is 2. The van der Waals surface area contributed by atoms with E-state index in [4.69, 9.17) is 20.4 Å². The molecule has 11 heteroatoms. The number of aryl methyl sites for hydroxylation is 1. The normalized spacial score (nSPS) is 11.6. The molecular formula is C17H12ClN3O6S. The number of furan rings is 1. The van der Waals surface area contributed by atoms with Gasteiger partial charge in [0.15, 0.2) is 0 Å². The smallest absolute Gasteiger partial charge is 0.342 e. The summed E-state index contributed by atoms with van der Waals surface area (Å²) in [6.07, 6.45) is 1.85. The molecule has 0 atom stereocenters. The minimum absolute atomic E-state index is 0.0815. The van der Waals surface area contributed by atoms with Gasteiger partial charge in [0.2, 0.25) is 5.89 Å². The quantitative estimate of drug-likeness (QED) is 0.250. The maximum Gasteiger partial charge on any atom is 0.342 e. The van der Waals surface area contributed by atoms with Crippen LogP contribution < -0.4 is 0 Å². The van der Waals surface area contributed by atoms with Crippen LogP contribution in [0.4, 0.5) is 5.69 Å². The maximum atomic E-state index is 11.5. The molecule has 0 aliphatic rings. The predicted octanol–water partition coefficient (Wildman–Crippen LogP) is 4.67. The van der Waals surface area contributed by atoms with Crippen molar-refractivity contribution in [2.24, 2.45) is 0 Å². The predicted molar refractivity (Wildman–Crippen MR) is 101 cm³/mol. The van der Waals surface area contributed by atoms with Gasteiger partial charge in [0.1, 0.15) is 16.4 Å². The second-order valence-electron chi connectivity index (χ2n) is 5.35. The maximum absolute atomic E-state index is 11.5. The first-order chi connectivity index (χ1) is 13.4. The highest BCUT2D eigenvalue weighted by atomic mass is 35.5. The number of nitrogens with zero attached hydrogens (tertiary/aromatic N) is 3. The monoisotopic (exact) mass is 421 g/mol. The van der Waals surface area contributed by atoms with Gasteiger partial charge in [0.05, 0.1) is 9.95 Å². The molecule has 0 aliphatic carbocycles. The molecular weight excluding hydrogens is 410 g/mol. The number of rotatable bonds is 7. The summed E-state index contributed by atoms with van der Waals surface area (Å²) in [5, 5.41) is 28.0. The molecule has 0 aliphatic heterocycles. The van der Waals surface area contributed by atoms with Crippen LogP contribution in [0.3, 0.4) is 0 Å². The lowest BCUT2D eigenvalue weighted by Crippen LogP contribution is -1.96. The van der Waals surface area contributed by atoms with Crippen LogP contribution in [0.1, 0.15) is 18.6 Å². The zero-order valence-corrected chi connectivity index (χ0v) is 15.9. The summed E-state index contributed by atoms with van der Waals surface area (Å²) in [7, 11) is 0. The van der Waals surface area contributed by atoms with Crippen LogP contribution in [0.15, 0.2) is 49.3 Å². The molecule has 3 aromatic rings. The van der Waals surface area contributed by atoms with Gasteiger partial charge in [-0.05, 0) is 30.0 Å². The third-order valence-corrected chi connectivity index (χ3v) is 4.65. The van der Waals surface area contributed by atoms with E-state index in [0.29, 0.717) is 23.6 Å². The van der Waals surface area contributed by atoms with E-state index in [0.717, 1.165) is 11.8 Å². The Bertz CT molecular complexity index is 1070. The molecule has 3 rings (SSSR count). The minimum atomic E-state index is -1.19. The largest absolute Gasteiger partial charge is 0.477 e. The third kappa shape index (κ3) is 4.41. The summed E-state index contributed by atoms with van der Waals surface area (Å²) in [6, 6.07) is 7.13. The van der Waals surface area contributed by atoms with Gasteiger partial charge < -0.3 is 13.9 Å². The fourth-order valence-electron chi connectivity index (χ4n) is 2.17. The number of thioether (sulfide) groups is 1. The molecule has 0 amide bonds. The Balaban J connectivity index is 1.86. The number of benzene rings is 1. The molecule has 1 N–H and O–H groups in total. The number of carboxylic acid groups (broad SMARTS) is 1. The van der Waals surface area contributed by atoms with Crippen molar-refractivity contribution in [3.05, 3.63) is 62.0 Å². The number of carbonyl (C=O) groups is 1. The summed E-state index contributed by atoms with van der Waals surface area (Å²) in [6.45, 7) is 1.84. The van der Waals surface area contributed by atoms with Gasteiger partial charge in [-0.1, -0.05) is 18.5 Å². The Morgan fingerprint density at radius 1 is 1.32 bits per heavy atom. The summed E-state index contributed by atoms with van der Waals surface area (Å²) >= 11 is 6.89. The van der Waals surface area contributed by atoms with Crippen molar-refractivity contribution in [2.45, 2.75) is 18.6 Å². The zero-order chi connectivity index (χ0) is 20.3. The van der Waals surface area contributed by atoms with Crippen molar-refractivity contribution < 1.29 is 23.7 Å². The van der Waals surface area contributed by atoms with E-state index in [1.807, 2.05) is 6.92 Å². The number of non-ortho nitro benzene ring substituents is 1. The van der Waals surface area contributed by atoms with E-state index in [-0.39, 0.29) is 26.6 Å². The van der Waals surface area contributed by atoms with Crippen molar-refractivity contribution in [1.82, 2.24) is 10.2 Å². The molecule has 1 aromatic carbocycles. The van der Waals surface area contributed by atoms with E-state index in [2.05, 4.69) is 10.2 Å². The molecule has 0 fully saturated rings. The van der Waals surface area contributed by atoms with Crippen molar-refractivity contribution in [2.75, 3.05) is 0 Å². The van der Waals surface area contributed by atoms with Crippen LogP contribution in [-0.4, -0.2) is 26.2 Å². The van der Waals surface area contributed by atoms with Gasteiger partial charge in [-0.3, -0.25) is 10.1 Å². The fraction of sp³-hybridized carbons (Fsp3) is 0.118. The zero-order valence-electron chi connectivity index (χ0n) is 14.3. The van der Waals surface area contributed by atoms with Crippen LogP contribution in [0.5, 0.6) is 0 Å². The number of nitro benzene ring substituents is 1. The van der Waals surface area contributed by atoms with Crippen LogP contribution >= 0.6 is 23.4 Å². The Kier molecular flexibility index (Phi) is 5.81. The Morgan fingerprint density at radius 2 is 2.11 bits per heavy atom. The fourth-order valence-corrected chi connectivity index (χ4v) is 3.11. The summed E-state index contributed by atoms with van der Waals surface area (Å²) in [5.41, 5.74) is 0.303. The van der Waals surface area contributed by atoms with E-state index >= 15 is 0 Å². The lowest BCUT2D eigenvalue weighted by atomic mass is 10.1. The Labute approximate surface area is 167 Å². The molecule has 9 nitrogen and oxygen atoms in total. The molecule has 144 valence electrons. The van der Waals surface area contributed by atoms with Crippen molar-refractivity contribution in [3.63, 3.8) is 0 Å². The van der Waals surface area contributed by atoms with Gasteiger partial charge in [0, 0.05) is 30.2 Å². The standard InChI is InChI=1S/C17H12ClN3O6S/c1-2-15-19-20-17(27-15)28-14(16(22)23)8-10-4-6-13(26-10)11-5-3-9(21(24)25)7-12(11)18/h3-8H,2H2,1H3,(H,22,23)/b14-8-. The average molecular weight is 422 g/mol. The van der Waals surface area contributed by atoms with E-state index < -0.39 is 10.9 Å². The van der Waals surface area contributed by atoms with Crippen LogP contribution in [-0.2, 0) is 11.2 Å². The second kappa shape index (κ2) is 8.28. The molecule has 0 unspecified atom stereocenters. The van der Waals surface area contributed by atoms with Gasteiger partial charge in [-0.2, -0.15) is 0 Å². The van der Waals surface area contributed by atoms with Gasteiger partial charge >= 0.3 is 5.97 Å². The minimum Gasteiger partial charge on any atom is -0.477 e. The molecule has 0 saturated heterocycles. The second-order valence-corrected chi connectivity index (χ2v) is 6.75. The number of halogens is 1. The number of hydrogen-bond acceptors (Lipinski definition) is 8. The summed E-state index contributed by atoms with van der Waals surface area (Å²) < 4.78 is 10.9. The molecule has 0 bridgehead atoms. The first kappa shape index (κ1) is 19.6. The summed E-state index contributed by atoms with van der Waals surface area (Å²) in [4.78, 5) is 21.7. The molecule has 0 saturated carbocycles. The molecule has 28 heavy (non-hydrogen) atoms. The topological polar surface area (TPSA) is 132 Å². The average Bonchev–Trinajstić information content (AvgIpc) is 3.30. The molecule has 2 aromatic heterocycles. The SMILES string of the molecule is CCc1nnc(S/C(=C\c2ccc(-c3ccc([N+](=O)[O-])cc3Cl)o2)C(=O)O)o1. The highest BCUT2D eigenvalue weighted by Crippen LogP contribution is 2.34. The summed E-state index contributed by atoms with van der Waals surface area (Å²) in [5.74, 6) is -0.190. The lowest BCUT2D eigenvalue weighted by Gasteiger charge is -2.01. The lowest BCUT2D eigenvalue weighted by molar-refractivity contribution is -0.384. The van der Waals surface area contributed by atoms with Gasteiger partial charge in [0.25, 0.3) is 10.9 Å². The first-order valence-electron chi connectivity index (χ1n) is 7.86. The third-order valence-electron chi connectivity index (χ3n) is 3.49. The van der Waals surface area contributed by atoms with Crippen molar-refractivity contribution in [3.8, 4) is 11.3 Å². The van der Waals surface area contributed by atoms with Gasteiger partial charge in [-0.15, -0.1) is 10.2 Å². The number of carboxylic acids is 1. The first-order valence-corrected chi connectivity index (χ1v) is 9.06. The molecule has 0 spiro atoms.